The van der Waals surface area contributed by atoms with Gasteiger partial charge in [0.05, 0.1) is 5.69 Å². The van der Waals surface area contributed by atoms with Crippen LogP contribution in [0.2, 0.25) is 0 Å². The summed E-state index contributed by atoms with van der Waals surface area (Å²) in [6.07, 6.45) is 0.0961. The molecule has 1 aliphatic carbocycles. The van der Waals surface area contributed by atoms with E-state index in [-0.39, 0.29) is 18.5 Å². The van der Waals surface area contributed by atoms with Gasteiger partial charge in [-0.3, -0.25) is 0 Å². The molecule has 15 heavy (non-hydrogen) atoms. The SMILES string of the molecule is OC1(c2cccc(Br)n2)CCCC1(F)F. The average Bonchev–Trinajstić information content (AvgIpc) is 2.43. The lowest BCUT2D eigenvalue weighted by molar-refractivity contribution is -0.167. The van der Waals surface area contributed by atoms with Gasteiger partial charge in [0.25, 0.3) is 5.92 Å². The lowest BCUT2D eigenvalue weighted by Crippen LogP contribution is -2.41. The van der Waals surface area contributed by atoms with Gasteiger partial charge in [-0.15, -0.1) is 0 Å². The predicted molar refractivity (Wildman–Crippen MR) is 54.6 cm³/mol. The first-order valence-electron chi connectivity index (χ1n) is 4.69. The number of aromatic nitrogens is 1. The maximum atomic E-state index is 13.5. The predicted octanol–water partition coefficient (Wildman–Crippen LogP) is 2.85. The van der Waals surface area contributed by atoms with Crippen molar-refractivity contribution in [1.29, 1.82) is 0 Å². The summed E-state index contributed by atoms with van der Waals surface area (Å²) >= 11 is 3.10. The molecular weight excluding hydrogens is 268 g/mol. The fourth-order valence-corrected chi connectivity index (χ4v) is 2.25. The van der Waals surface area contributed by atoms with Crippen LogP contribution in [0.3, 0.4) is 0 Å². The highest BCUT2D eigenvalue weighted by molar-refractivity contribution is 9.10. The summed E-state index contributed by atoms with van der Waals surface area (Å²) < 4.78 is 27.5. The molecular formula is C10H10BrF2NO. The first kappa shape index (κ1) is 11.0. The quantitative estimate of drug-likeness (QED) is 0.801. The van der Waals surface area contributed by atoms with Gasteiger partial charge in [-0.1, -0.05) is 6.07 Å². The molecule has 1 aliphatic rings. The van der Waals surface area contributed by atoms with Crippen LogP contribution >= 0.6 is 15.9 Å². The minimum absolute atomic E-state index is 0.0411. The summed E-state index contributed by atoms with van der Waals surface area (Å²) in [5.74, 6) is -3.08. The van der Waals surface area contributed by atoms with Crippen LogP contribution in [0.25, 0.3) is 0 Å². The van der Waals surface area contributed by atoms with Crippen LogP contribution in [0.1, 0.15) is 25.0 Å². The highest BCUT2D eigenvalue weighted by Crippen LogP contribution is 2.49. The molecule has 1 N–H and O–H groups in total. The van der Waals surface area contributed by atoms with Crippen molar-refractivity contribution in [3.63, 3.8) is 0 Å². The van der Waals surface area contributed by atoms with Crippen molar-refractivity contribution in [2.45, 2.75) is 30.8 Å². The van der Waals surface area contributed by atoms with Gasteiger partial charge in [-0.25, -0.2) is 13.8 Å². The molecule has 1 fully saturated rings. The summed E-state index contributed by atoms with van der Waals surface area (Å²) in [5.41, 5.74) is -2.06. The number of hydrogen-bond donors (Lipinski definition) is 1. The minimum Gasteiger partial charge on any atom is -0.377 e. The Balaban J connectivity index is 2.45. The molecule has 1 heterocycles. The number of pyridine rings is 1. The van der Waals surface area contributed by atoms with Gasteiger partial charge < -0.3 is 5.11 Å². The van der Waals surface area contributed by atoms with Crippen LogP contribution in [0.4, 0.5) is 8.78 Å². The van der Waals surface area contributed by atoms with Crippen LogP contribution < -0.4 is 0 Å². The molecule has 0 spiro atoms. The zero-order valence-electron chi connectivity index (χ0n) is 7.88. The first-order valence-corrected chi connectivity index (χ1v) is 5.48. The van der Waals surface area contributed by atoms with Gasteiger partial charge in [0.2, 0.25) is 0 Å². The van der Waals surface area contributed by atoms with Crippen molar-refractivity contribution in [3.05, 3.63) is 28.5 Å². The van der Waals surface area contributed by atoms with E-state index in [1.807, 2.05) is 0 Å². The zero-order valence-corrected chi connectivity index (χ0v) is 9.47. The number of halogens is 3. The molecule has 1 unspecified atom stereocenters. The smallest absolute Gasteiger partial charge is 0.281 e. The highest BCUT2D eigenvalue weighted by Gasteiger charge is 2.58. The van der Waals surface area contributed by atoms with Gasteiger partial charge >= 0.3 is 0 Å². The van der Waals surface area contributed by atoms with Crippen molar-refractivity contribution in [3.8, 4) is 0 Å². The molecule has 0 bridgehead atoms. The average molecular weight is 278 g/mol. The molecule has 1 saturated carbocycles. The van der Waals surface area contributed by atoms with Crippen LogP contribution in [0.5, 0.6) is 0 Å². The van der Waals surface area contributed by atoms with Crippen molar-refractivity contribution in [2.75, 3.05) is 0 Å². The molecule has 82 valence electrons. The van der Waals surface area contributed by atoms with Gasteiger partial charge in [0.1, 0.15) is 4.60 Å². The largest absolute Gasteiger partial charge is 0.377 e. The molecule has 0 radical (unpaired) electrons. The topological polar surface area (TPSA) is 33.1 Å². The third-order valence-electron chi connectivity index (χ3n) is 2.77. The summed E-state index contributed by atoms with van der Waals surface area (Å²) in [7, 11) is 0. The number of hydrogen-bond acceptors (Lipinski definition) is 2. The number of alkyl halides is 2. The number of rotatable bonds is 1. The molecule has 2 rings (SSSR count). The van der Waals surface area contributed by atoms with Crippen molar-refractivity contribution in [2.24, 2.45) is 0 Å². The third-order valence-corrected chi connectivity index (χ3v) is 3.21. The van der Waals surface area contributed by atoms with E-state index in [2.05, 4.69) is 20.9 Å². The normalized spacial score (nSPS) is 29.3. The fourth-order valence-electron chi connectivity index (χ4n) is 1.91. The molecule has 2 nitrogen and oxygen atoms in total. The molecule has 0 aromatic carbocycles. The standard InChI is InChI=1S/C10H10BrF2NO/c11-8-4-1-3-7(14-8)9(15)5-2-6-10(9,12)13/h1,3-4,15H,2,5-6H2. The molecule has 5 heteroatoms. The summed E-state index contributed by atoms with van der Waals surface area (Å²) in [6.45, 7) is 0. The molecule has 0 aliphatic heterocycles. The Morgan fingerprint density at radius 1 is 1.33 bits per heavy atom. The lowest BCUT2D eigenvalue weighted by atomic mass is 9.94. The fraction of sp³-hybridized carbons (Fsp3) is 0.500. The second-order valence-electron chi connectivity index (χ2n) is 3.76. The van der Waals surface area contributed by atoms with E-state index in [0.717, 1.165) is 0 Å². The first-order chi connectivity index (χ1) is 6.96. The second kappa shape index (κ2) is 3.49. The Hall–Kier alpha value is -0.550. The monoisotopic (exact) mass is 277 g/mol. The van der Waals surface area contributed by atoms with Crippen LogP contribution in [0.15, 0.2) is 22.8 Å². The molecule has 0 saturated heterocycles. The maximum absolute atomic E-state index is 13.5. The van der Waals surface area contributed by atoms with Gasteiger partial charge in [0.15, 0.2) is 5.60 Å². The van der Waals surface area contributed by atoms with E-state index >= 15 is 0 Å². The van der Waals surface area contributed by atoms with Gasteiger partial charge in [-0.2, -0.15) is 0 Å². The molecule has 1 aromatic rings. The van der Waals surface area contributed by atoms with E-state index in [1.54, 1.807) is 12.1 Å². The van der Waals surface area contributed by atoms with E-state index in [0.29, 0.717) is 11.0 Å². The Morgan fingerprint density at radius 2 is 2.07 bits per heavy atom. The Morgan fingerprint density at radius 3 is 2.60 bits per heavy atom. The van der Waals surface area contributed by atoms with Crippen molar-refractivity contribution in [1.82, 2.24) is 4.98 Å². The van der Waals surface area contributed by atoms with Gasteiger partial charge in [0, 0.05) is 6.42 Å². The minimum atomic E-state index is -3.08. The van der Waals surface area contributed by atoms with E-state index in [1.165, 1.54) is 6.07 Å². The maximum Gasteiger partial charge on any atom is 0.281 e. The third kappa shape index (κ3) is 1.67. The lowest BCUT2D eigenvalue weighted by Gasteiger charge is -2.28. The van der Waals surface area contributed by atoms with E-state index < -0.39 is 11.5 Å². The Labute approximate surface area is 94.5 Å². The number of nitrogens with zero attached hydrogens (tertiary/aromatic N) is 1. The van der Waals surface area contributed by atoms with E-state index in [9.17, 15) is 13.9 Å². The van der Waals surface area contributed by atoms with Gasteiger partial charge in [-0.05, 0) is 40.9 Å². The Bertz CT molecular complexity index is 385. The summed E-state index contributed by atoms with van der Waals surface area (Å²) in [4.78, 5) is 3.91. The highest BCUT2D eigenvalue weighted by atomic mass is 79.9. The second-order valence-corrected chi connectivity index (χ2v) is 4.58. The summed E-state index contributed by atoms with van der Waals surface area (Å²) in [6, 6.07) is 4.67. The van der Waals surface area contributed by atoms with Crippen molar-refractivity contribution >= 4 is 15.9 Å². The molecule has 1 aromatic heterocycles. The Kier molecular flexibility index (Phi) is 2.55. The zero-order chi connectivity index (χ0) is 11.1. The van der Waals surface area contributed by atoms with Crippen molar-refractivity contribution < 1.29 is 13.9 Å². The molecule has 0 amide bonds. The number of aliphatic hydroxyl groups is 1. The van der Waals surface area contributed by atoms with E-state index in [4.69, 9.17) is 0 Å². The summed E-state index contributed by atoms with van der Waals surface area (Å²) in [5, 5.41) is 9.98. The van der Waals surface area contributed by atoms with Crippen LogP contribution in [-0.2, 0) is 5.60 Å². The van der Waals surface area contributed by atoms with Crippen LogP contribution in [-0.4, -0.2) is 16.0 Å². The molecule has 1 atom stereocenters. The van der Waals surface area contributed by atoms with Crippen LogP contribution in [0, 0.1) is 0 Å².